The second-order valence-electron chi connectivity index (χ2n) is 5.02. The van der Waals surface area contributed by atoms with Gasteiger partial charge in [-0.25, -0.2) is 4.98 Å². The first-order valence-corrected chi connectivity index (χ1v) is 7.42. The predicted molar refractivity (Wildman–Crippen MR) is 81.4 cm³/mol. The van der Waals surface area contributed by atoms with Gasteiger partial charge in [0.1, 0.15) is 12.2 Å². The van der Waals surface area contributed by atoms with Crippen LogP contribution in [0.4, 0.5) is 0 Å². The van der Waals surface area contributed by atoms with Crippen molar-refractivity contribution in [3.8, 4) is 0 Å². The van der Waals surface area contributed by atoms with Crippen molar-refractivity contribution in [3.63, 3.8) is 0 Å². The lowest BCUT2D eigenvalue weighted by Crippen LogP contribution is -2.44. The fraction of sp³-hybridized carbons (Fsp3) is 0.750. The van der Waals surface area contributed by atoms with Crippen LogP contribution in [0.25, 0.3) is 0 Å². The second kappa shape index (κ2) is 6.79. The Hall–Kier alpha value is -1.24. The third-order valence-corrected chi connectivity index (χ3v) is 4.23. The summed E-state index contributed by atoms with van der Waals surface area (Å²) in [5, 5.41) is 7.46. The number of nitrogens with one attached hydrogen (secondary N) is 1. The highest BCUT2D eigenvalue weighted by atomic mass is 32.2. The van der Waals surface area contributed by atoms with Crippen LogP contribution in [-0.2, 0) is 13.6 Å². The maximum absolute atomic E-state index is 4.30. The summed E-state index contributed by atoms with van der Waals surface area (Å²) in [4.78, 5) is 10.6. The number of guanidine groups is 1. The normalized spacial score (nSPS) is 12.6. The van der Waals surface area contributed by atoms with E-state index in [1.807, 2.05) is 30.8 Å². The summed E-state index contributed by atoms with van der Waals surface area (Å²) >= 11 is 1.84. The first kappa shape index (κ1) is 15.8. The molecule has 1 aromatic heterocycles. The molecule has 1 heterocycles. The Kier molecular flexibility index (Phi) is 5.65. The van der Waals surface area contributed by atoms with Gasteiger partial charge in [0.15, 0.2) is 5.96 Å². The minimum Gasteiger partial charge on any atom is -0.355 e. The van der Waals surface area contributed by atoms with E-state index >= 15 is 0 Å². The smallest absolute Gasteiger partial charge is 0.193 e. The van der Waals surface area contributed by atoms with Gasteiger partial charge in [-0.1, -0.05) is 0 Å². The molecule has 1 N–H and O–H groups in total. The molecule has 0 fully saturated rings. The molecule has 0 aromatic carbocycles. The number of nitrogens with zero attached hydrogens (tertiary/aromatic N) is 5. The summed E-state index contributed by atoms with van der Waals surface area (Å²) < 4.78 is 1.96. The number of thioether (sulfide) groups is 1. The van der Waals surface area contributed by atoms with Crippen molar-refractivity contribution in [1.82, 2.24) is 25.0 Å². The minimum atomic E-state index is 0.182. The number of hydrogen-bond acceptors (Lipinski definition) is 4. The molecule has 0 unspecified atom stereocenters. The molecule has 1 aromatic rings. The van der Waals surface area contributed by atoms with Crippen molar-refractivity contribution in [2.45, 2.75) is 25.1 Å². The fourth-order valence-corrected chi connectivity index (χ4v) is 1.72. The van der Waals surface area contributed by atoms with Crippen LogP contribution >= 0.6 is 11.8 Å². The molecule has 0 amide bonds. The van der Waals surface area contributed by atoms with E-state index in [2.05, 4.69) is 40.5 Å². The minimum absolute atomic E-state index is 0.182. The highest BCUT2D eigenvalue weighted by Crippen LogP contribution is 2.19. The van der Waals surface area contributed by atoms with Crippen LogP contribution in [0.2, 0.25) is 0 Å². The zero-order valence-corrected chi connectivity index (χ0v) is 13.5. The third kappa shape index (κ3) is 4.74. The summed E-state index contributed by atoms with van der Waals surface area (Å²) in [5.41, 5.74) is 0. The molecule has 0 spiro atoms. The molecule has 0 bridgehead atoms. The topological polar surface area (TPSA) is 58.3 Å². The summed E-state index contributed by atoms with van der Waals surface area (Å²) in [6.45, 7) is 5.96. The second-order valence-corrected chi connectivity index (χ2v) is 6.53. The third-order valence-electron chi connectivity index (χ3n) is 2.98. The van der Waals surface area contributed by atoms with Crippen molar-refractivity contribution >= 4 is 17.7 Å². The van der Waals surface area contributed by atoms with Gasteiger partial charge in [-0.2, -0.15) is 16.9 Å². The zero-order chi connectivity index (χ0) is 14.5. The van der Waals surface area contributed by atoms with E-state index in [9.17, 15) is 0 Å². The number of rotatable bonds is 5. The molecule has 0 aliphatic carbocycles. The summed E-state index contributed by atoms with van der Waals surface area (Å²) in [5.74, 6) is 1.78. The van der Waals surface area contributed by atoms with E-state index in [0.29, 0.717) is 6.54 Å². The van der Waals surface area contributed by atoms with Crippen LogP contribution in [0.15, 0.2) is 11.3 Å². The van der Waals surface area contributed by atoms with Gasteiger partial charge in [-0.3, -0.25) is 9.67 Å². The Balaban J connectivity index is 2.58. The predicted octanol–water partition coefficient (Wildman–Crippen LogP) is 0.964. The number of aromatic nitrogens is 3. The molecular formula is C12H24N6S. The summed E-state index contributed by atoms with van der Waals surface area (Å²) in [6, 6.07) is 0. The largest absolute Gasteiger partial charge is 0.355 e. The van der Waals surface area contributed by atoms with Gasteiger partial charge in [0.25, 0.3) is 0 Å². The van der Waals surface area contributed by atoms with Crippen LogP contribution in [0.1, 0.15) is 19.7 Å². The fourth-order valence-electron chi connectivity index (χ4n) is 1.50. The maximum Gasteiger partial charge on any atom is 0.193 e. The molecule has 0 radical (unpaired) electrons. The van der Waals surface area contributed by atoms with E-state index in [4.69, 9.17) is 0 Å². The first-order chi connectivity index (χ1) is 8.89. The van der Waals surface area contributed by atoms with Crippen LogP contribution in [0.5, 0.6) is 0 Å². The highest BCUT2D eigenvalue weighted by Gasteiger charge is 2.17. The summed E-state index contributed by atoms with van der Waals surface area (Å²) in [6.07, 6.45) is 3.68. The Morgan fingerprint density at radius 3 is 2.74 bits per heavy atom. The lowest BCUT2D eigenvalue weighted by Gasteiger charge is -2.27. The van der Waals surface area contributed by atoms with E-state index in [-0.39, 0.29) is 4.75 Å². The molecule has 6 nitrogen and oxygen atoms in total. The molecule has 0 atom stereocenters. The molecule has 0 aliphatic rings. The molecule has 0 saturated carbocycles. The number of aryl methyl sites for hydroxylation is 1. The first-order valence-electron chi connectivity index (χ1n) is 6.19. The average molecular weight is 284 g/mol. The molecular weight excluding hydrogens is 260 g/mol. The van der Waals surface area contributed by atoms with Crippen molar-refractivity contribution in [2.75, 3.05) is 26.9 Å². The van der Waals surface area contributed by atoms with E-state index in [1.165, 1.54) is 0 Å². The molecule has 7 heteroatoms. The highest BCUT2D eigenvalue weighted by molar-refractivity contribution is 7.99. The zero-order valence-electron chi connectivity index (χ0n) is 12.6. The van der Waals surface area contributed by atoms with Crippen LogP contribution < -0.4 is 5.32 Å². The molecule has 19 heavy (non-hydrogen) atoms. The van der Waals surface area contributed by atoms with Gasteiger partial charge < -0.3 is 10.2 Å². The monoisotopic (exact) mass is 284 g/mol. The van der Waals surface area contributed by atoms with Crippen LogP contribution in [-0.4, -0.2) is 57.3 Å². The Morgan fingerprint density at radius 1 is 1.58 bits per heavy atom. The number of hydrogen-bond donors (Lipinski definition) is 1. The quantitative estimate of drug-likeness (QED) is 0.645. The van der Waals surface area contributed by atoms with Gasteiger partial charge in [0.05, 0.1) is 6.54 Å². The molecule has 1 rings (SSSR count). The molecule has 108 valence electrons. The molecule has 0 aliphatic heterocycles. The lowest BCUT2D eigenvalue weighted by molar-refractivity contribution is 0.445. The lowest BCUT2D eigenvalue weighted by atomic mass is 10.2. The summed E-state index contributed by atoms with van der Waals surface area (Å²) in [7, 11) is 5.68. The van der Waals surface area contributed by atoms with Crippen LogP contribution in [0, 0.1) is 0 Å². The van der Waals surface area contributed by atoms with Crippen LogP contribution in [0.3, 0.4) is 0 Å². The van der Waals surface area contributed by atoms with Crippen molar-refractivity contribution < 1.29 is 0 Å². The Bertz CT molecular complexity index is 426. The van der Waals surface area contributed by atoms with Gasteiger partial charge in [0, 0.05) is 32.4 Å². The van der Waals surface area contributed by atoms with Crippen molar-refractivity contribution in [3.05, 3.63) is 12.2 Å². The Labute approximate surface area is 119 Å². The van der Waals surface area contributed by atoms with Gasteiger partial charge >= 0.3 is 0 Å². The van der Waals surface area contributed by atoms with E-state index in [1.54, 1.807) is 18.1 Å². The average Bonchev–Trinajstić information content (AvgIpc) is 2.76. The SMILES string of the molecule is CN=C(NCC(C)(C)SC)N(C)Cc1ncnn1C. The van der Waals surface area contributed by atoms with Crippen molar-refractivity contribution in [1.29, 1.82) is 0 Å². The van der Waals surface area contributed by atoms with Gasteiger partial charge in [0.2, 0.25) is 0 Å². The van der Waals surface area contributed by atoms with E-state index < -0.39 is 0 Å². The van der Waals surface area contributed by atoms with Gasteiger partial charge in [-0.15, -0.1) is 0 Å². The maximum atomic E-state index is 4.30. The van der Waals surface area contributed by atoms with Gasteiger partial charge in [-0.05, 0) is 20.1 Å². The van der Waals surface area contributed by atoms with E-state index in [0.717, 1.165) is 18.3 Å². The Morgan fingerprint density at radius 2 is 2.26 bits per heavy atom. The number of aliphatic imine (C=N–C) groups is 1. The molecule has 0 saturated heterocycles. The van der Waals surface area contributed by atoms with Crippen molar-refractivity contribution in [2.24, 2.45) is 12.0 Å². The standard InChI is InChI=1S/C12H24N6S/c1-12(2,19-6)8-14-11(13-3)17(4)7-10-15-9-16-18(10)5/h9H,7-8H2,1-6H3,(H,13,14).